The average molecular weight is 277 g/mol. The van der Waals surface area contributed by atoms with Crippen LogP contribution >= 0.6 is 0 Å². The zero-order valence-corrected chi connectivity index (χ0v) is 12.4. The molecule has 5 heteroatoms. The van der Waals surface area contributed by atoms with Gasteiger partial charge in [-0.1, -0.05) is 0 Å². The fourth-order valence-electron chi connectivity index (χ4n) is 2.37. The Labute approximate surface area is 120 Å². The van der Waals surface area contributed by atoms with Crippen molar-refractivity contribution in [3.63, 3.8) is 0 Å². The predicted molar refractivity (Wildman–Crippen MR) is 80.6 cm³/mol. The molecule has 0 aromatic heterocycles. The maximum Gasteiger partial charge on any atom is 0.249 e. The molecular weight excluding hydrogens is 254 g/mol. The van der Waals surface area contributed by atoms with Gasteiger partial charge in [-0.05, 0) is 36.6 Å². The SMILES string of the molecule is COCC(=O)N(Cc1cc(N)ccc1N(C)C)C1CC1. The van der Waals surface area contributed by atoms with Crippen molar-refractivity contribution < 1.29 is 9.53 Å². The summed E-state index contributed by atoms with van der Waals surface area (Å²) in [6.45, 7) is 0.724. The molecule has 110 valence electrons. The van der Waals surface area contributed by atoms with Crippen LogP contribution in [0.4, 0.5) is 11.4 Å². The van der Waals surface area contributed by atoms with Gasteiger partial charge in [0.1, 0.15) is 6.61 Å². The van der Waals surface area contributed by atoms with Crippen molar-refractivity contribution in [2.45, 2.75) is 25.4 Å². The van der Waals surface area contributed by atoms with E-state index in [2.05, 4.69) is 0 Å². The average Bonchev–Trinajstić information content (AvgIpc) is 3.20. The smallest absolute Gasteiger partial charge is 0.249 e. The van der Waals surface area contributed by atoms with Gasteiger partial charge >= 0.3 is 0 Å². The molecular formula is C15H23N3O2. The number of nitrogens with zero attached hydrogens (tertiary/aromatic N) is 2. The number of carbonyl (C=O) groups is 1. The third-order valence-corrected chi connectivity index (χ3v) is 3.50. The van der Waals surface area contributed by atoms with Gasteiger partial charge in [0.2, 0.25) is 5.91 Å². The number of ether oxygens (including phenoxy) is 1. The molecule has 0 bridgehead atoms. The highest BCUT2D eigenvalue weighted by Crippen LogP contribution is 2.31. The second-order valence-corrected chi connectivity index (χ2v) is 5.47. The van der Waals surface area contributed by atoms with Gasteiger partial charge in [-0.25, -0.2) is 0 Å². The molecule has 0 spiro atoms. The van der Waals surface area contributed by atoms with E-state index in [-0.39, 0.29) is 12.5 Å². The predicted octanol–water partition coefficient (Wildman–Crippen LogP) is 1.47. The Bertz CT molecular complexity index is 484. The van der Waals surface area contributed by atoms with Crippen LogP contribution in [0.3, 0.4) is 0 Å². The number of anilines is 2. The van der Waals surface area contributed by atoms with Crippen molar-refractivity contribution in [3.8, 4) is 0 Å². The van der Waals surface area contributed by atoms with Crippen LogP contribution in [0.2, 0.25) is 0 Å². The topological polar surface area (TPSA) is 58.8 Å². The summed E-state index contributed by atoms with van der Waals surface area (Å²) in [6, 6.07) is 6.19. The third-order valence-electron chi connectivity index (χ3n) is 3.50. The molecule has 0 aliphatic heterocycles. The van der Waals surface area contributed by atoms with E-state index < -0.39 is 0 Å². The lowest BCUT2D eigenvalue weighted by Gasteiger charge is -2.25. The lowest BCUT2D eigenvalue weighted by molar-refractivity contribution is -0.136. The van der Waals surface area contributed by atoms with Crippen LogP contribution in [-0.2, 0) is 16.1 Å². The first-order valence-electron chi connectivity index (χ1n) is 6.87. The number of amides is 1. The van der Waals surface area contributed by atoms with E-state index in [0.717, 1.165) is 29.8 Å². The van der Waals surface area contributed by atoms with Crippen LogP contribution in [0.15, 0.2) is 18.2 Å². The highest BCUT2D eigenvalue weighted by molar-refractivity contribution is 5.78. The maximum absolute atomic E-state index is 12.2. The van der Waals surface area contributed by atoms with E-state index in [1.165, 1.54) is 0 Å². The summed E-state index contributed by atoms with van der Waals surface area (Å²) in [5.74, 6) is 0.0436. The van der Waals surface area contributed by atoms with E-state index in [1.54, 1.807) is 7.11 Å². The van der Waals surface area contributed by atoms with Crippen molar-refractivity contribution in [2.24, 2.45) is 0 Å². The van der Waals surface area contributed by atoms with Crippen LogP contribution in [0.25, 0.3) is 0 Å². The van der Waals surface area contributed by atoms with E-state index in [9.17, 15) is 4.79 Å². The maximum atomic E-state index is 12.2. The Hall–Kier alpha value is -1.75. The quantitative estimate of drug-likeness (QED) is 0.800. The fraction of sp³-hybridized carbons (Fsp3) is 0.533. The molecule has 1 aliphatic carbocycles. The van der Waals surface area contributed by atoms with Gasteiger partial charge in [0.05, 0.1) is 0 Å². The van der Waals surface area contributed by atoms with Crippen molar-refractivity contribution in [1.29, 1.82) is 0 Å². The first-order valence-corrected chi connectivity index (χ1v) is 6.87. The number of hydrogen-bond acceptors (Lipinski definition) is 4. The molecule has 2 N–H and O–H groups in total. The van der Waals surface area contributed by atoms with Crippen LogP contribution < -0.4 is 10.6 Å². The Balaban J connectivity index is 2.21. The second-order valence-electron chi connectivity index (χ2n) is 5.47. The molecule has 1 saturated carbocycles. The number of nitrogen functional groups attached to an aromatic ring is 1. The Morgan fingerprint density at radius 3 is 2.65 bits per heavy atom. The minimum absolute atomic E-state index is 0.0436. The summed E-state index contributed by atoms with van der Waals surface area (Å²) in [7, 11) is 5.54. The first-order chi connectivity index (χ1) is 9.52. The van der Waals surface area contributed by atoms with Crippen molar-refractivity contribution >= 4 is 17.3 Å². The van der Waals surface area contributed by atoms with Gasteiger partial charge < -0.3 is 20.3 Å². The van der Waals surface area contributed by atoms with Crippen LogP contribution in [-0.4, -0.2) is 44.7 Å². The normalized spacial score (nSPS) is 14.2. The largest absolute Gasteiger partial charge is 0.399 e. The molecule has 1 fully saturated rings. The first kappa shape index (κ1) is 14.7. The molecule has 0 radical (unpaired) electrons. The monoisotopic (exact) mass is 277 g/mol. The van der Waals surface area contributed by atoms with Crippen LogP contribution in [0.1, 0.15) is 18.4 Å². The number of rotatable bonds is 6. The highest BCUT2D eigenvalue weighted by Gasteiger charge is 2.32. The molecule has 0 unspecified atom stereocenters. The Morgan fingerprint density at radius 1 is 1.40 bits per heavy atom. The van der Waals surface area contributed by atoms with E-state index in [4.69, 9.17) is 10.5 Å². The number of hydrogen-bond donors (Lipinski definition) is 1. The fourth-order valence-corrected chi connectivity index (χ4v) is 2.37. The van der Waals surface area contributed by atoms with Gasteiger partial charge in [0.15, 0.2) is 0 Å². The zero-order valence-electron chi connectivity index (χ0n) is 12.4. The summed E-state index contributed by atoms with van der Waals surface area (Å²) in [5.41, 5.74) is 8.77. The molecule has 2 rings (SSSR count). The van der Waals surface area contributed by atoms with Gasteiger partial charge in [0.25, 0.3) is 0 Å². The molecule has 1 amide bonds. The molecule has 0 atom stereocenters. The summed E-state index contributed by atoms with van der Waals surface area (Å²) in [4.78, 5) is 16.1. The Kier molecular flexibility index (Phi) is 4.49. The molecule has 0 saturated heterocycles. The standard InChI is InChI=1S/C15H23N3O2/c1-17(2)14-7-4-12(16)8-11(14)9-18(13-5-6-13)15(19)10-20-3/h4,7-8,13H,5-6,9-10,16H2,1-3H3. The molecule has 5 nitrogen and oxygen atoms in total. The molecule has 20 heavy (non-hydrogen) atoms. The number of methoxy groups -OCH3 is 1. The number of carbonyl (C=O) groups excluding carboxylic acids is 1. The Morgan fingerprint density at radius 2 is 2.10 bits per heavy atom. The van der Waals surface area contributed by atoms with E-state index >= 15 is 0 Å². The minimum Gasteiger partial charge on any atom is -0.399 e. The van der Waals surface area contributed by atoms with E-state index in [0.29, 0.717) is 12.6 Å². The lowest BCUT2D eigenvalue weighted by Crippen LogP contribution is -2.35. The lowest BCUT2D eigenvalue weighted by atomic mass is 10.1. The molecule has 1 aromatic carbocycles. The van der Waals surface area contributed by atoms with Gasteiger partial charge in [-0.15, -0.1) is 0 Å². The highest BCUT2D eigenvalue weighted by atomic mass is 16.5. The zero-order chi connectivity index (χ0) is 14.7. The van der Waals surface area contributed by atoms with Crippen molar-refractivity contribution in [2.75, 3.05) is 38.4 Å². The minimum atomic E-state index is 0.0436. The number of nitrogens with two attached hydrogens (primary N) is 1. The molecule has 0 heterocycles. The van der Waals surface area contributed by atoms with Crippen molar-refractivity contribution in [1.82, 2.24) is 4.90 Å². The summed E-state index contributed by atoms with van der Waals surface area (Å²) in [5, 5.41) is 0. The van der Waals surface area contributed by atoms with Gasteiger partial charge in [0, 0.05) is 45.2 Å². The molecule has 1 aromatic rings. The van der Waals surface area contributed by atoms with Crippen LogP contribution in [0, 0.1) is 0 Å². The third kappa shape index (κ3) is 3.42. The summed E-state index contributed by atoms with van der Waals surface area (Å²) in [6.07, 6.45) is 2.16. The number of benzene rings is 1. The summed E-state index contributed by atoms with van der Waals surface area (Å²) >= 11 is 0. The molecule has 1 aliphatic rings. The summed E-state index contributed by atoms with van der Waals surface area (Å²) < 4.78 is 4.98. The van der Waals surface area contributed by atoms with E-state index in [1.807, 2.05) is 42.1 Å². The van der Waals surface area contributed by atoms with Gasteiger partial charge in [-0.3, -0.25) is 4.79 Å². The van der Waals surface area contributed by atoms with Gasteiger partial charge in [-0.2, -0.15) is 0 Å². The second kappa shape index (κ2) is 6.13. The van der Waals surface area contributed by atoms with Crippen LogP contribution in [0.5, 0.6) is 0 Å². The van der Waals surface area contributed by atoms with Crippen molar-refractivity contribution in [3.05, 3.63) is 23.8 Å².